The number of fused-ring (bicyclic) bond motifs is 1. The summed E-state index contributed by atoms with van der Waals surface area (Å²) in [6.07, 6.45) is 1.17. The van der Waals surface area contributed by atoms with E-state index in [9.17, 15) is 9.90 Å². The predicted molar refractivity (Wildman–Crippen MR) is 76.3 cm³/mol. The summed E-state index contributed by atoms with van der Waals surface area (Å²) in [6, 6.07) is 0. The van der Waals surface area contributed by atoms with E-state index in [4.69, 9.17) is 0 Å². The van der Waals surface area contributed by atoms with Crippen LogP contribution in [0.3, 0.4) is 0 Å². The predicted octanol–water partition coefficient (Wildman–Crippen LogP) is 1.98. The van der Waals surface area contributed by atoms with Crippen molar-refractivity contribution >= 4 is 11.5 Å². The largest absolute Gasteiger partial charge is 0.390 e. The quantitative estimate of drug-likeness (QED) is 0.801. The highest BCUT2D eigenvalue weighted by Gasteiger charge is 2.44. The molecular weight excluding hydrogens is 240 g/mol. The van der Waals surface area contributed by atoms with Crippen LogP contribution in [0, 0.1) is 0 Å². The van der Waals surface area contributed by atoms with Crippen molar-refractivity contribution in [2.45, 2.75) is 71.1 Å². The van der Waals surface area contributed by atoms with Gasteiger partial charge < -0.3 is 10.4 Å². The molecular formula is C15H24N2O2. The van der Waals surface area contributed by atoms with Gasteiger partial charge in [-0.15, -0.1) is 0 Å². The number of nitrogens with one attached hydrogen (secondary N) is 1. The van der Waals surface area contributed by atoms with E-state index in [1.54, 1.807) is 13.8 Å². The molecule has 2 aliphatic heterocycles. The average Bonchev–Trinajstić information content (AvgIpc) is 2.45. The van der Waals surface area contributed by atoms with Crippen molar-refractivity contribution in [2.75, 3.05) is 0 Å². The first-order chi connectivity index (χ1) is 8.41. The van der Waals surface area contributed by atoms with Gasteiger partial charge in [0.2, 0.25) is 0 Å². The van der Waals surface area contributed by atoms with Crippen molar-refractivity contribution in [1.29, 1.82) is 0 Å². The number of allylic oxidation sites excluding steroid dienone is 1. The molecule has 0 aromatic rings. The molecule has 0 bridgehead atoms. The van der Waals surface area contributed by atoms with Gasteiger partial charge in [-0.25, -0.2) is 0 Å². The fourth-order valence-electron chi connectivity index (χ4n) is 2.78. The second-order valence-corrected chi connectivity index (χ2v) is 7.48. The first-order valence-electron chi connectivity index (χ1n) is 6.79. The summed E-state index contributed by atoms with van der Waals surface area (Å²) < 4.78 is 0. The third-order valence-electron chi connectivity index (χ3n) is 3.52. The smallest absolute Gasteiger partial charge is 0.188 e. The third-order valence-corrected chi connectivity index (χ3v) is 3.52. The highest BCUT2D eigenvalue weighted by atomic mass is 16.3. The van der Waals surface area contributed by atoms with Gasteiger partial charge in [0.25, 0.3) is 0 Å². The van der Waals surface area contributed by atoms with Crippen LogP contribution in [0.25, 0.3) is 0 Å². The van der Waals surface area contributed by atoms with Crippen LogP contribution in [0.4, 0.5) is 0 Å². The summed E-state index contributed by atoms with van der Waals surface area (Å²) >= 11 is 0. The van der Waals surface area contributed by atoms with Crippen molar-refractivity contribution in [3.63, 3.8) is 0 Å². The molecule has 0 aromatic carbocycles. The van der Waals surface area contributed by atoms with Crippen LogP contribution in [0.15, 0.2) is 16.3 Å². The number of hydrogen-bond acceptors (Lipinski definition) is 4. The minimum absolute atomic E-state index is 0.0126. The van der Waals surface area contributed by atoms with E-state index in [-0.39, 0.29) is 11.3 Å². The second-order valence-electron chi connectivity index (χ2n) is 7.48. The summed E-state index contributed by atoms with van der Waals surface area (Å²) in [5, 5.41) is 13.4. The Hall–Kier alpha value is -1.16. The SMILES string of the molecule is CC(C)(O)CC1=C2NC(C)(C)CC2=NC(C)(C)C1=O. The van der Waals surface area contributed by atoms with E-state index in [1.807, 2.05) is 13.8 Å². The highest BCUT2D eigenvalue weighted by Crippen LogP contribution is 2.36. The number of carbonyl (C=O) groups excluding carboxylic acids is 1. The van der Waals surface area contributed by atoms with Crippen molar-refractivity contribution in [3.05, 3.63) is 11.3 Å². The first-order valence-corrected chi connectivity index (χ1v) is 6.79. The molecule has 19 heavy (non-hydrogen) atoms. The molecule has 0 atom stereocenters. The third kappa shape index (κ3) is 2.73. The Balaban J connectivity index is 2.52. The molecule has 2 aliphatic rings. The average molecular weight is 264 g/mol. The number of carbonyl (C=O) groups is 1. The number of aliphatic imine (C=N–C) groups is 1. The molecule has 0 unspecified atom stereocenters. The fourth-order valence-corrected chi connectivity index (χ4v) is 2.78. The molecule has 0 saturated carbocycles. The molecule has 0 spiro atoms. The van der Waals surface area contributed by atoms with Gasteiger partial charge in [-0.1, -0.05) is 0 Å². The van der Waals surface area contributed by atoms with Gasteiger partial charge in [0.05, 0.1) is 17.0 Å². The van der Waals surface area contributed by atoms with Crippen molar-refractivity contribution < 1.29 is 9.90 Å². The lowest BCUT2D eigenvalue weighted by Gasteiger charge is -2.30. The summed E-state index contributed by atoms with van der Waals surface area (Å²) in [6.45, 7) is 11.3. The van der Waals surface area contributed by atoms with Gasteiger partial charge in [-0.05, 0) is 41.5 Å². The number of rotatable bonds is 2. The molecule has 2 heterocycles. The molecule has 0 aliphatic carbocycles. The minimum Gasteiger partial charge on any atom is -0.390 e. The summed E-state index contributed by atoms with van der Waals surface area (Å²) in [4.78, 5) is 17.2. The lowest BCUT2D eigenvalue weighted by atomic mass is 9.83. The zero-order valence-corrected chi connectivity index (χ0v) is 12.7. The lowest BCUT2D eigenvalue weighted by molar-refractivity contribution is -0.120. The Morgan fingerprint density at radius 2 is 1.89 bits per heavy atom. The zero-order valence-electron chi connectivity index (χ0n) is 12.7. The van der Waals surface area contributed by atoms with Crippen LogP contribution < -0.4 is 5.32 Å². The summed E-state index contributed by atoms with van der Waals surface area (Å²) in [7, 11) is 0. The second kappa shape index (κ2) is 3.92. The Morgan fingerprint density at radius 3 is 2.42 bits per heavy atom. The van der Waals surface area contributed by atoms with Crippen LogP contribution in [-0.4, -0.2) is 33.3 Å². The number of aliphatic hydroxyl groups is 1. The van der Waals surface area contributed by atoms with Crippen LogP contribution in [-0.2, 0) is 4.79 Å². The first kappa shape index (κ1) is 14.3. The molecule has 106 valence electrons. The Kier molecular flexibility index (Phi) is 2.94. The maximum absolute atomic E-state index is 12.6. The van der Waals surface area contributed by atoms with E-state index in [0.717, 1.165) is 17.8 Å². The number of Topliss-reactive ketones (excluding diaryl/α,β-unsaturated/α-hetero) is 1. The molecule has 2 N–H and O–H groups in total. The van der Waals surface area contributed by atoms with Crippen LogP contribution >= 0.6 is 0 Å². The van der Waals surface area contributed by atoms with Gasteiger partial charge in [0.15, 0.2) is 5.78 Å². The van der Waals surface area contributed by atoms with Crippen molar-refractivity contribution in [1.82, 2.24) is 5.32 Å². The Bertz CT molecular complexity index is 491. The van der Waals surface area contributed by atoms with Crippen LogP contribution in [0.5, 0.6) is 0 Å². The van der Waals surface area contributed by atoms with E-state index >= 15 is 0 Å². The Labute approximate surface area is 115 Å². The molecule has 4 nitrogen and oxygen atoms in total. The van der Waals surface area contributed by atoms with Gasteiger partial charge >= 0.3 is 0 Å². The summed E-state index contributed by atoms with van der Waals surface area (Å²) in [5.41, 5.74) is 0.796. The monoisotopic (exact) mass is 264 g/mol. The standard InChI is InChI=1S/C15H24N2O2/c1-13(2)8-10-11(17-13)9(7-14(3,4)19)12(18)15(5,6)16-10/h17,19H,7-8H2,1-6H3. The van der Waals surface area contributed by atoms with Crippen molar-refractivity contribution in [3.8, 4) is 0 Å². The molecule has 1 saturated heterocycles. The van der Waals surface area contributed by atoms with Gasteiger partial charge in [0, 0.05) is 24.0 Å². The molecule has 4 heteroatoms. The van der Waals surface area contributed by atoms with E-state index in [1.165, 1.54) is 0 Å². The van der Waals surface area contributed by atoms with Crippen molar-refractivity contribution in [2.24, 2.45) is 4.99 Å². The maximum atomic E-state index is 12.6. The van der Waals surface area contributed by atoms with E-state index in [2.05, 4.69) is 24.2 Å². The highest BCUT2D eigenvalue weighted by molar-refractivity contribution is 6.17. The molecule has 0 aromatic heterocycles. The van der Waals surface area contributed by atoms with Crippen LogP contribution in [0.2, 0.25) is 0 Å². The van der Waals surface area contributed by atoms with E-state index in [0.29, 0.717) is 12.0 Å². The molecule has 0 amide bonds. The van der Waals surface area contributed by atoms with Gasteiger partial charge in [-0.2, -0.15) is 0 Å². The number of ketones is 1. The minimum atomic E-state index is -0.898. The van der Waals surface area contributed by atoms with E-state index < -0.39 is 11.1 Å². The number of hydrogen-bond donors (Lipinski definition) is 2. The molecule has 0 radical (unpaired) electrons. The summed E-state index contributed by atoms with van der Waals surface area (Å²) in [5.74, 6) is 0.0126. The number of dihydropyridines is 1. The molecule has 2 rings (SSSR count). The van der Waals surface area contributed by atoms with Gasteiger partial charge in [0.1, 0.15) is 5.54 Å². The normalized spacial score (nSPS) is 25.0. The van der Waals surface area contributed by atoms with Crippen LogP contribution in [0.1, 0.15) is 54.4 Å². The maximum Gasteiger partial charge on any atom is 0.188 e. The lowest BCUT2D eigenvalue weighted by Crippen LogP contribution is -2.40. The topological polar surface area (TPSA) is 61.7 Å². The van der Waals surface area contributed by atoms with Gasteiger partial charge in [-0.3, -0.25) is 9.79 Å². The number of nitrogens with zero attached hydrogens (tertiary/aromatic N) is 1. The zero-order chi connectivity index (χ0) is 14.6. The Morgan fingerprint density at radius 1 is 1.32 bits per heavy atom. The molecule has 1 fully saturated rings. The fraction of sp³-hybridized carbons (Fsp3) is 0.733.